The normalized spacial score (nSPS) is 12.9. The van der Waals surface area contributed by atoms with Crippen molar-refractivity contribution < 1.29 is 4.79 Å². The number of amides is 1. The maximum Gasteiger partial charge on any atom is 0.224 e. The predicted molar refractivity (Wildman–Crippen MR) is 93.6 cm³/mol. The number of rotatable bonds is 6. The van der Waals surface area contributed by atoms with Gasteiger partial charge in [-0.3, -0.25) is 4.79 Å². The monoisotopic (exact) mass is 355 g/mol. The van der Waals surface area contributed by atoms with Crippen LogP contribution in [0.1, 0.15) is 18.5 Å². The minimum atomic E-state index is -0.172. The Bertz CT molecular complexity index is 430. The lowest BCUT2D eigenvalue weighted by Crippen LogP contribution is -2.39. The minimum Gasteiger partial charge on any atom is -0.354 e. The third-order valence-corrected chi connectivity index (χ3v) is 3.50. The van der Waals surface area contributed by atoms with E-state index >= 15 is 0 Å². The van der Waals surface area contributed by atoms with Crippen LogP contribution in [0.5, 0.6) is 0 Å². The first-order valence-corrected chi connectivity index (χ1v) is 6.73. The van der Waals surface area contributed by atoms with E-state index in [4.69, 9.17) is 17.3 Å². The molecule has 0 fully saturated rings. The Morgan fingerprint density at radius 3 is 2.38 bits per heavy atom. The maximum absolute atomic E-state index is 11.8. The molecule has 21 heavy (non-hydrogen) atoms. The van der Waals surface area contributed by atoms with Gasteiger partial charge in [0.15, 0.2) is 0 Å². The number of nitrogens with two attached hydrogens (primary N) is 1. The first-order valence-electron chi connectivity index (χ1n) is 6.36. The largest absolute Gasteiger partial charge is 0.354 e. The first kappa shape index (κ1) is 22.8. The summed E-state index contributed by atoms with van der Waals surface area (Å²) in [5, 5.41) is 3.63. The van der Waals surface area contributed by atoms with Gasteiger partial charge in [0.05, 0.1) is 6.04 Å². The van der Waals surface area contributed by atoms with Gasteiger partial charge in [0.1, 0.15) is 0 Å². The van der Waals surface area contributed by atoms with Gasteiger partial charge in [-0.2, -0.15) is 0 Å². The molecule has 0 heterocycles. The van der Waals surface area contributed by atoms with Crippen molar-refractivity contribution in [3.05, 3.63) is 34.9 Å². The summed E-state index contributed by atoms with van der Waals surface area (Å²) in [5.74, 6) is -0.199. The first-order chi connectivity index (χ1) is 8.97. The molecular formula is C14H24Cl3N3O. The Kier molecular flexibility index (Phi) is 12.0. The van der Waals surface area contributed by atoms with Crippen LogP contribution in [0.15, 0.2) is 24.3 Å². The van der Waals surface area contributed by atoms with Gasteiger partial charge in [-0.05, 0) is 25.7 Å². The standard InChI is InChI=1S/C14H22ClN3O.2ClH/c1-10(8-16)14(19)17-9-13(18(2)3)11-6-4-5-7-12(11)15;;/h4-7,10,13H,8-9,16H2,1-3H3,(H,17,19);2*1H. The maximum atomic E-state index is 11.8. The summed E-state index contributed by atoms with van der Waals surface area (Å²) in [6.45, 7) is 2.68. The van der Waals surface area contributed by atoms with Gasteiger partial charge in [0, 0.05) is 24.0 Å². The van der Waals surface area contributed by atoms with Crippen molar-refractivity contribution in [3.63, 3.8) is 0 Å². The summed E-state index contributed by atoms with van der Waals surface area (Å²) in [4.78, 5) is 13.8. The van der Waals surface area contributed by atoms with Crippen molar-refractivity contribution in [1.29, 1.82) is 0 Å². The molecule has 2 atom stereocenters. The van der Waals surface area contributed by atoms with Crippen molar-refractivity contribution in [2.24, 2.45) is 11.7 Å². The van der Waals surface area contributed by atoms with Crippen LogP contribution in [0.2, 0.25) is 5.02 Å². The molecule has 0 aliphatic carbocycles. The fourth-order valence-corrected chi connectivity index (χ4v) is 2.06. The summed E-state index contributed by atoms with van der Waals surface area (Å²) in [7, 11) is 3.93. The highest BCUT2D eigenvalue weighted by atomic mass is 35.5. The molecule has 1 rings (SSSR count). The van der Waals surface area contributed by atoms with Crippen molar-refractivity contribution >= 4 is 42.3 Å². The second-order valence-electron chi connectivity index (χ2n) is 4.88. The summed E-state index contributed by atoms with van der Waals surface area (Å²) in [5.41, 5.74) is 6.49. The Hall–Kier alpha value is -0.520. The topological polar surface area (TPSA) is 58.4 Å². The molecule has 0 aliphatic rings. The Morgan fingerprint density at radius 2 is 1.90 bits per heavy atom. The van der Waals surface area contributed by atoms with E-state index in [-0.39, 0.29) is 42.7 Å². The smallest absolute Gasteiger partial charge is 0.224 e. The van der Waals surface area contributed by atoms with Crippen molar-refractivity contribution in [1.82, 2.24) is 10.2 Å². The van der Waals surface area contributed by atoms with E-state index in [9.17, 15) is 4.79 Å². The molecule has 0 saturated carbocycles. The molecule has 0 aliphatic heterocycles. The van der Waals surface area contributed by atoms with Gasteiger partial charge in [-0.15, -0.1) is 24.8 Å². The molecule has 1 aromatic carbocycles. The lowest BCUT2D eigenvalue weighted by molar-refractivity contribution is -0.124. The highest BCUT2D eigenvalue weighted by Gasteiger charge is 2.19. The molecule has 0 saturated heterocycles. The predicted octanol–water partition coefficient (Wildman–Crippen LogP) is 2.50. The average Bonchev–Trinajstić information content (AvgIpc) is 2.39. The molecule has 0 spiro atoms. The van der Waals surface area contributed by atoms with E-state index in [0.29, 0.717) is 18.1 Å². The number of nitrogens with one attached hydrogen (secondary N) is 1. The van der Waals surface area contributed by atoms with E-state index in [0.717, 1.165) is 5.56 Å². The van der Waals surface area contributed by atoms with Crippen molar-refractivity contribution in [2.75, 3.05) is 27.2 Å². The summed E-state index contributed by atoms with van der Waals surface area (Å²) in [6, 6.07) is 7.72. The Morgan fingerprint density at radius 1 is 1.33 bits per heavy atom. The molecule has 3 N–H and O–H groups in total. The second kappa shape index (κ2) is 11.1. The fourth-order valence-electron chi connectivity index (χ4n) is 1.79. The van der Waals surface area contributed by atoms with Gasteiger partial charge in [-0.25, -0.2) is 0 Å². The Labute approximate surface area is 144 Å². The number of halogens is 3. The average molecular weight is 357 g/mol. The number of likely N-dealkylation sites (N-methyl/N-ethyl adjacent to an activating group) is 1. The number of benzene rings is 1. The van der Waals surface area contributed by atoms with Crippen LogP contribution < -0.4 is 11.1 Å². The highest BCUT2D eigenvalue weighted by Crippen LogP contribution is 2.25. The summed E-state index contributed by atoms with van der Waals surface area (Å²) < 4.78 is 0. The van der Waals surface area contributed by atoms with E-state index < -0.39 is 0 Å². The van der Waals surface area contributed by atoms with Gasteiger partial charge >= 0.3 is 0 Å². The van der Waals surface area contributed by atoms with Crippen LogP contribution in [0.4, 0.5) is 0 Å². The second-order valence-corrected chi connectivity index (χ2v) is 5.29. The molecule has 122 valence electrons. The lowest BCUT2D eigenvalue weighted by Gasteiger charge is -2.26. The molecule has 4 nitrogen and oxygen atoms in total. The Balaban J connectivity index is 0. The number of nitrogens with zero attached hydrogens (tertiary/aromatic N) is 1. The minimum absolute atomic E-state index is 0. The van der Waals surface area contributed by atoms with E-state index in [1.165, 1.54) is 0 Å². The van der Waals surface area contributed by atoms with Crippen LogP contribution in [-0.4, -0.2) is 38.0 Å². The molecule has 1 aromatic rings. The van der Waals surface area contributed by atoms with Gasteiger partial charge in [0.2, 0.25) is 5.91 Å². The number of carbonyl (C=O) groups is 1. The van der Waals surface area contributed by atoms with E-state index in [1.807, 2.05) is 50.2 Å². The van der Waals surface area contributed by atoms with Crippen LogP contribution in [0, 0.1) is 5.92 Å². The van der Waals surface area contributed by atoms with E-state index in [1.54, 1.807) is 0 Å². The third-order valence-electron chi connectivity index (χ3n) is 3.16. The summed E-state index contributed by atoms with van der Waals surface area (Å²) in [6.07, 6.45) is 0. The lowest BCUT2D eigenvalue weighted by atomic mass is 10.1. The molecule has 0 aromatic heterocycles. The zero-order chi connectivity index (χ0) is 14.4. The highest BCUT2D eigenvalue weighted by molar-refractivity contribution is 6.31. The molecule has 0 bridgehead atoms. The number of hydrogen-bond donors (Lipinski definition) is 2. The SMILES string of the molecule is CC(CN)C(=O)NCC(c1ccccc1Cl)N(C)C.Cl.Cl. The van der Waals surface area contributed by atoms with Crippen LogP contribution in [-0.2, 0) is 4.79 Å². The summed E-state index contributed by atoms with van der Waals surface area (Å²) >= 11 is 6.21. The molecular weight excluding hydrogens is 333 g/mol. The van der Waals surface area contributed by atoms with Crippen molar-refractivity contribution in [2.45, 2.75) is 13.0 Å². The van der Waals surface area contributed by atoms with Gasteiger partial charge in [-0.1, -0.05) is 36.7 Å². The number of carbonyl (C=O) groups excluding carboxylic acids is 1. The fraction of sp³-hybridized carbons (Fsp3) is 0.500. The quantitative estimate of drug-likeness (QED) is 0.823. The molecule has 0 radical (unpaired) electrons. The van der Waals surface area contributed by atoms with Crippen LogP contribution in [0.3, 0.4) is 0 Å². The molecule has 2 unspecified atom stereocenters. The van der Waals surface area contributed by atoms with Crippen LogP contribution in [0.25, 0.3) is 0 Å². The zero-order valence-corrected chi connectivity index (χ0v) is 14.9. The zero-order valence-electron chi connectivity index (χ0n) is 12.5. The van der Waals surface area contributed by atoms with Crippen LogP contribution >= 0.6 is 36.4 Å². The third kappa shape index (κ3) is 6.85. The van der Waals surface area contributed by atoms with Crippen molar-refractivity contribution in [3.8, 4) is 0 Å². The molecule has 7 heteroatoms. The number of hydrogen-bond acceptors (Lipinski definition) is 3. The van der Waals surface area contributed by atoms with Gasteiger partial charge < -0.3 is 16.0 Å². The van der Waals surface area contributed by atoms with E-state index in [2.05, 4.69) is 5.32 Å². The molecule has 1 amide bonds. The van der Waals surface area contributed by atoms with Gasteiger partial charge in [0.25, 0.3) is 0 Å².